The lowest BCUT2D eigenvalue weighted by Crippen LogP contribution is -2.21. The predicted molar refractivity (Wildman–Crippen MR) is 66.1 cm³/mol. The van der Waals surface area contributed by atoms with Crippen molar-refractivity contribution in [2.24, 2.45) is 0 Å². The SMILES string of the molecule is COCCN(C)c1ccc(C(C)C=O)cc1. The standard InChI is InChI=1S/C13H19NO2/c1-11(10-15)12-4-6-13(7-5-12)14(2)8-9-16-3/h4-7,10-11H,8-9H2,1-3H3. The lowest BCUT2D eigenvalue weighted by atomic mass is 10.0. The number of hydrogen-bond acceptors (Lipinski definition) is 3. The van der Waals surface area contributed by atoms with Crippen molar-refractivity contribution in [1.82, 2.24) is 0 Å². The van der Waals surface area contributed by atoms with Crippen LogP contribution in [0.4, 0.5) is 5.69 Å². The van der Waals surface area contributed by atoms with Gasteiger partial charge in [0.15, 0.2) is 0 Å². The van der Waals surface area contributed by atoms with Gasteiger partial charge in [-0.15, -0.1) is 0 Å². The fourth-order valence-electron chi connectivity index (χ4n) is 1.47. The first kappa shape index (κ1) is 12.7. The fraction of sp³-hybridized carbons (Fsp3) is 0.462. The maximum absolute atomic E-state index is 10.6. The molecule has 0 amide bonds. The average molecular weight is 221 g/mol. The molecule has 1 aromatic rings. The minimum absolute atomic E-state index is 0.0293. The summed E-state index contributed by atoms with van der Waals surface area (Å²) in [4.78, 5) is 12.8. The number of aldehydes is 1. The molecule has 3 heteroatoms. The molecule has 0 aliphatic heterocycles. The summed E-state index contributed by atoms with van der Waals surface area (Å²) < 4.78 is 5.03. The van der Waals surface area contributed by atoms with Gasteiger partial charge in [-0.1, -0.05) is 19.1 Å². The van der Waals surface area contributed by atoms with Crippen molar-refractivity contribution in [2.45, 2.75) is 12.8 Å². The third kappa shape index (κ3) is 3.35. The Morgan fingerprint density at radius 1 is 1.38 bits per heavy atom. The molecule has 0 aromatic heterocycles. The zero-order valence-electron chi connectivity index (χ0n) is 10.1. The number of hydrogen-bond donors (Lipinski definition) is 0. The third-order valence-electron chi connectivity index (χ3n) is 2.69. The van der Waals surface area contributed by atoms with Crippen molar-refractivity contribution in [3.05, 3.63) is 29.8 Å². The van der Waals surface area contributed by atoms with Gasteiger partial charge in [0.1, 0.15) is 6.29 Å². The lowest BCUT2D eigenvalue weighted by Gasteiger charge is -2.19. The van der Waals surface area contributed by atoms with E-state index in [0.29, 0.717) is 6.61 Å². The molecule has 0 spiro atoms. The molecule has 16 heavy (non-hydrogen) atoms. The summed E-state index contributed by atoms with van der Waals surface area (Å²) in [5, 5.41) is 0. The Kier molecular flexibility index (Phi) is 4.99. The molecule has 3 nitrogen and oxygen atoms in total. The molecule has 0 N–H and O–H groups in total. The average Bonchev–Trinajstić information content (AvgIpc) is 2.35. The van der Waals surface area contributed by atoms with Crippen molar-refractivity contribution in [1.29, 1.82) is 0 Å². The van der Waals surface area contributed by atoms with Crippen LogP contribution in [0, 0.1) is 0 Å². The second-order valence-corrected chi connectivity index (χ2v) is 3.93. The Hall–Kier alpha value is -1.35. The minimum Gasteiger partial charge on any atom is -0.383 e. The zero-order valence-corrected chi connectivity index (χ0v) is 10.1. The highest BCUT2D eigenvalue weighted by atomic mass is 16.5. The van der Waals surface area contributed by atoms with Crippen LogP contribution >= 0.6 is 0 Å². The maximum Gasteiger partial charge on any atom is 0.127 e. The van der Waals surface area contributed by atoms with Gasteiger partial charge in [0.2, 0.25) is 0 Å². The van der Waals surface area contributed by atoms with Crippen LogP contribution in [-0.4, -0.2) is 33.6 Å². The van der Waals surface area contributed by atoms with Crippen molar-refractivity contribution in [3.8, 4) is 0 Å². The second kappa shape index (κ2) is 6.28. The van der Waals surface area contributed by atoms with Gasteiger partial charge in [-0.2, -0.15) is 0 Å². The first-order chi connectivity index (χ1) is 7.69. The molecule has 0 radical (unpaired) electrons. The van der Waals surface area contributed by atoms with Gasteiger partial charge in [0, 0.05) is 32.3 Å². The van der Waals surface area contributed by atoms with E-state index >= 15 is 0 Å². The number of benzene rings is 1. The van der Waals surface area contributed by atoms with Crippen LogP contribution in [0.2, 0.25) is 0 Å². The van der Waals surface area contributed by atoms with E-state index in [1.165, 1.54) is 0 Å². The molecule has 88 valence electrons. The maximum atomic E-state index is 10.6. The molecule has 1 aromatic carbocycles. The van der Waals surface area contributed by atoms with Crippen molar-refractivity contribution >= 4 is 12.0 Å². The first-order valence-electron chi connectivity index (χ1n) is 5.44. The monoisotopic (exact) mass is 221 g/mol. The molecule has 0 fully saturated rings. The molecule has 0 aliphatic carbocycles. The van der Waals surface area contributed by atoms with Crippen LogP contribution in [0.15, 0.2) is 24.3 Å². The Morgan fingerprint density at radius 3 is 2.50 bits per heavy atom. The quantitative estimate of drug-likeness (QED) is 0.689. The minimum atomic E-state index is -0.0293. The largest absolute Gasteiger partial charge is 0.383 e. The van der Waals surface area contributed by atoms with E-state index < -0.39 is 0 Å². The number of methoxy groups -OCH3 is 1. The van der Waals surface area contributed by atoms with E-state index in [9.17, 15) is 4.79 Å². The van der Waals surface area contributed by atoms with Gasteiger partial charge < -0.3 is 14.4 Å². The van der Waals surface area contributed by atoms with Gasteiger partial charge in [0.05, 0.1) is 6.61 Å². The van der Waals surface area contributed by atoms with E-state index in [2.05, 4.69) is 4.90 Å². The molecule has 0 bridgehead atoms. The van der Waals surface area contributed by atoms with Gasteiger partial charge in [-0.3, -0.25) is 0 Å². The first-order valence-corrected chi connectivity index (χ1v) is 5.44. The Bertz CT molecular complexity index is 321. The normalized spacial score (nSPS) is 12.2. The number of carbonyl (C=O) groups excluding carboxylic acids is 1. The van der Waals surface area contributed by atoms with Crippen LogP contribution < -0.4 is 4.90 Å². The molecule has 0 saturated carbocycles. The summed E-state index contributed by atoms with van der Waals surface area (Å²) in [7, 11) is 3.72. The van der Waals surface area contributed by atoms with Gasteiger partial charge in [0.25, 0.3) is 0 Å². The van der Waals surface area contributed by atoms with E-state index in [-0.39, 0.29) is 5.92 Å². The van der Waals surface area contributed by atoms with Crippen LogP contribution in [-0.2, 0) is 9.53 Å². The van der Waals surface area contributed by atoms with Crippen LogP contribution in [0.25, 0.3) is 0 Å². The number of likely N-dealkylation sites (N-methyl/N-ethyl adjacent to an activating group) is 1. The van der Waals surface area contributed by atoms with Gasteiger partial charge in [-0.25, -0.2) is 0 Å². The number of nitrogens with zero attached hydrogens (tertiary/aromatic N) is 1. The van der Waals surface area contributed by atoms with Gasteiger partial charge in [-0.05, 0) is 17.7 Å². The van der Waals surface area contributed by atoms with Crippen LogP contribution in [0.3, 0.4) is 0 Å². The summed E-state index contributed by atoms with van der Waals surface area (Å²) >= 11 is 0. The molecule has 0 saturated heterocycles. The molecule has 1 rings (SSSR count). The Morgan fingerprint density at radius 2 is 2.00 bits per heavy atom. The van der Waals surface area contributed by atoms with E-state index in [1.54, 1.807) is 7.11 Å². The smallest absolute Gasteiger partial charge is 0.127 e. The summed E-state index contributed by atoms with van der Waals surface area (Å²) in [6.45, 7) is 3.47. The molecular weight excluding hydrogens is 202 g/mol. The molecule has 1 unspecified atom stereocenters. The third-order valence-corrected chi connectivity index (χ3v) is 2.69. The van der Waals surface area contributed by atoms with Gasteiger partial charge >= 0.3 is 0 Å². The van der Waals surface area contributed by atoms with Crippen LogP contribution in [0.1, 0.15) is 18.4 Å². The number of anilines is 1. The van der Waals surface area contributed by atoms with Crippen molar-refractivity contribution < 1.29 is 9.53 Å². The molecule has 1 atom stereocenters. The molecular formula is C13H19NO2. The summed E-state index contributed by atoms with van der Waals surface area (Å²) in [5.74, 6) is -0.0293. The highest BCUT2D eigenvalue weighted by Gasteiger charge is 2.04. The summed E-state index contributed by atoms with van der Waals surface area (Å²) in [5.41, 5.74) is 2.19. The number of carbonyl (C=O) groups is 1. The summed E-state index contributed by atoms with van der Waals surface area (Å²) in [6, 6.07) is 8.06. The number of rotatable bonds is 6. The highest BCUT2D eigenvalue weighted by Crippen LogP contribution is 2.18. The Labute approximate surface area is 97.0 Å². The van der Waals surface area contributed by atoms with Crippen LogP contribution in [0.5, 0.6) is 0 Å². The Balaban J connectivity index is 2.66. The fourth-order valence-corrected chi connectivity index (χ4v) is 1.47. The van der Waals surface area contributed by atoms with Crippen molar-refractivity contribution in [2.75, 3.05) is 32.2 Å². The highest BCUT2D eigenvalue weighted by molar-refractivity contribution is 5.62. The predicted octanol–water partition coefficient (Wildman–Crippen LogP) is 2.07. The summed E-state index contributed by atoms with van der Waals surface area (Å²) in [6.07, 6.45) is 0.962. The molecule has 0 heterocycles. The van der Waals surface area contributed by atoms with E-state index in [0.717, 1.165) is 24.1 Å². The van der Waals surface area contributed by atoms with E-state index in [4.69, 9.17) is 4.74 Å². The zero-order chi connectivity index (χ0) is 12.0. The lowest BCUT2D eigenvalue weighted by molar-refractivity contribution is -0.108. The van der Waals surface area contributed by atoms with Crippen molar-refractivity contribution in [3.63, 3.8) is 0 Å². The van der Waals surface area contributed by atoms with E-state index in [1.807, 2.05) is 38.2 Å². The molecule has 0 aliphatic rings. The second-order valence-electron chi connectivity index (χ2n) is 3.93. The topological polar surface area (TPSA) is 29.5 Å². The number of ether oxygens (including phenoxy) is 1.